The Bertz CT molecular complexity index is 324. The third-order valence-electron chi connectivity index (χ3n) is 1.54. The van der Waals surface area contributed by atoms with E-state index in [1.165, 1.54) is 6.07 Å². The lowest BCUT2D eigenvalue weighted by molar-refractivity contribution is -0.115. The summed E-state index contributed by atoms with van der Waals surface area (Å²) in [6, 6.07) is 1.27. The van der Waals surface area contributed by atoms with E-state index in [4.69, 9.17) is 0 Å². The molecule has 4 heteroatoms. The molecule has 0 saturated heterocycles. The molecule has 11 heavy (non-hydrogen) atoms. The number of rotatable bonds is 0. The molecule has 0 bridgehead atoms. The third-order valence-corrected chi connectivity index (χ3v) is 1.54. The summed E-state index contributed by atoms with van der Waals surface area (Å²) in [5.74, 6) is -0.552. The zero-order chi connectivity index (χ0) is 7.84. The second-order valence-electron chi connectivity index (χ2n) is 2.37. The first-order valence-corrected chi connectivity index (χ1v) is 3.20. The summed E-state index contributed by atoms with van der Waals surface area (Å²) in [6.45, 7) is 0. The van der Waals surface area contributed by atoms with Gasteiger partial charge in [-0.15, -0.1) is 0 Å². The minimum absolute atomic E-state index is 0.127. The van der Waals surface area contributed by atoms with Gasteiger partial charge in [0.1, 0.15) is 5.82 Å². The maximum atomic E-state index is 12.5. The molecule has 3 nitrogen and oxygen atoms in total. The van der Waals surface area contributed by atoms with Crippen molar-refractivity contribution < 1.29 is 9.18 Å². The van der Waals surface area contributed by atoms with Crippen molar-refractivity contribution in [2.75, 3.05) is 5.32 Å². The fourth-order valence-electron chi connectivity index (χ4n) is 1.06. The van der Waals surface area contributed by atoms with Crippen LogP contribution in [0.2, 0.25) is 0 Å². The lowest BCUT2D eigenvalue weighted by Gasteiger charge is -1.94. The molecule has 1 aliphatic heterocycles. The first-order chi connectivity index (χ1) is 5.25. The van der Waals surface area contributed by atoms with E-state index in [2.05, 4.69) is 10.3 Å². The summed E-state index contributed by atoms with van der Waals surface area (Å²) < 4.78 is 12.5. The van der Waals surface area contributed by atoms with E-state index in [0.29, 0.717) is 11.4 Å². The smallest absolute Gasteiger partial charge is 0.230 e. The van der Waals surface area contributed by atoms with Gasteiger partial charge in [0.2, 0.25) is 5.91 Å². The van der Waals surface area contributed by atoms with Crippen LogP contribution in [-0.4, -0.2) is 10.9 Å². The van der Waals surface area contributed by atoms with Gasteiger partial charge in [-0.3, -0.25) is 9.78 Å². The van der Waals surface area contributed by atoms with Gasteiger partial charge in [0, 0.05) is 6.07 Å². The van der Waals surface area contributed by atoms with Crippen LogP contribution in [0.25, 0.3) is 0 Å². The van der Waals surface area contributed by atoms with Gasteiger partial charge in [-0.05, 0) is 0 Å². The van der Waals surface area contributed by atoms with Crippen LogP contribution in [-0.2, 0) is 11.2 Å². The highest BCUT2D eigenvalue weighted by molar-refractivity contribution is 5.98. The van der Waals surface area contributed by atoms with Crippen LogP contribution in [0.5, 0.6) is 0 Å². The molecule has 1 N–H and O–H groups in total. The lowest BCUT2D eigenvalue weighted by atomic mass is 10.3. The van der Waals surface area contributed by atoms with Crippen LogP contribution >= 0.6 is 0 Å². The highest BCUT2D eigenvalue weighted by Gasteiger charge is 2.18. The van der Waals surface area contributed by atoms with E-state index in [1.807, 2.05) is 0 Å². The molecular weight excluding hydrogens is 147 g/mol. The summed E-state index contributed by atoms with van der Waals surface area (Å²) in [5.41, 5.74) is 1.12. The Hall–Kier alpha value is -1.45. The molecule has 0 fully saturated rings. The molecular formula is C7H5FN2O. The Labute approximate surface area is 62.3 Å². The van der Waals surface area contributed by atoms with Crippen molar-refractivity contribution in [3.8, 4) is 0 Å². The van der Waals surface area contributed by atoms with Gasteiger partial charge in [0.05, 0.1) is 24.0 Å². The standard InChI is InChI=1S/C7H5FN2O/c8-4-1-6-5(9-3-4)2-7(11)10-6/h1,3H,2H2,(H,10,11). The molecule has 1 aromatic heterocycles. The Balaban J connectivity index is 2.51. The third kappa shape index (κ3) is 0.960. The molecule has 2 rings (SSSR count). The number of nitrogens with one attached hydrogen (secondary N) is 1. The second kappa shape index (κ2) is 2.02. The van der Waals surface area contributed by atoms with Gasteiger partial charge in [0.25, 0.3) is 0 Å². The van der Waals surface area contributed by atoms with Gasteiger partial charge in [0.15, 0.2) is 0 Å². The van der Waals surface area contributed by atoms with Gasteiger partial charge in [-0.2, -0.15) is 0 Å². The molecule has 0 aromatic carbocycles. The fraction of sp³-hybridized carbons (Fsp3) is 0.143. The number of fused-ring (bicyclic) bond motifs is 1. The number of hydrogen-bond acceptors (Lipinski definition) is 2. The van der Waals surface area contributed by atoms with Crippen molar-refractivity contribution in [1.82, 2.24) is 4.98 Å². The van der Waals surface area contributed by atoms with E-state index >= 15 is 0 Å². The normalized spacial score (nSPS) is 14.5. The van der Waals surface area contributed by atoms with Crippen LogP contribution in [0, 0.1) is 5.82 Å². The van der Waals surface area contributed by atoms with Crippen LogP contribution in [0.15, 0.2) is 12.3 Å². The second-order valence-corrected chi connectivity index (χ2v) is 2.37. The molecule has 0 radical (unpaired) electrons. The number of aromatic nitrogens is 1. The number of hydrogen-bond donors (Lipinski definition) is 1. The number of halogens is 1. The molecule has 0 unspecified atom stereocenters. The average molecular weight is 152 g/mol. The van der Waals surface area contributed by atoms with Crippen molar-refractivity contribution in [1.29, 1.82) is 0 Å². The quantitative estimate of drug-likeness (QED) is 0.595. The number of amides is 1. The SMILES string of the molecule is O=C1Cc2ncc(F)cc2N1. The molecule has 1 aliphatic rings. The average Bonchev–Trinajstić information content (AvgIpc) is 2.27. The molecule has 0 atom stereocenters. The maximum absolute atomic E-state index is 12.5. The van der Waals surface area contributed by atoms with E-state index in [-0.39, 0.29) is 12.3 Å². The van der Waals surface area contributed by atoms with Crippen molar-refractivity contribution in [2.24, 2.45) is 0 Å². The zero-order valence-corrected chi connectivity index (χ0v) is 5.60. The van der Waals surface area contributed by atoms with Crippen LogP contribution < -0.4 is 5.32 Å². The minimum atomic E-state index is -0.425. The Morgan fingerprint density at radius 2 is 2.45 bits per heavy atom. The molecule has 0 spiro atoms. The summed E-state index contributed by atoms with van der Waals surface area (Å²) >= 11 is 0. The van der Waals surface area contributed by atoms with Crippen LogP contribution in [0.4, 0.5) is 10.1 Å². The summed E-state index contributed by atoms with van der Waals surface area (Å²) in [6.07, 6.45) is 1.37. The summed E-state index contributed by atoms with van der Waals surface area (Å²) in [4.78, 5) is 14.5. The summed E-state index contributed by atoms with van der Waals surface area (Å²) in [5, 5.41) is 2.50. The van der Waals surface area contributed by atoms with Gasteiger partial charge in [-0.1, -0.05) is 0 Å². The van der Waals surface area contributed by atoms with Gasteiger partial charge in [-0.25, -0.2) is 4.39 Å². The van der Waals surface area contributed by atoms with Gasteiger partial charge < -0.3 is 5.32 Å². The number of pyridine rings is 1. The molecule has 2 heterocycles. The highest BCUT2D eigenvalue weighted by atomic mass is 19.1. The molecule has 1 aromatic rings. The van der Waals surface area contributed by atoms with E-state index in [9.17, 15) is 9.18 Å². The lowest BCUT2D eigenvalue weighted by Crippen LogP contribution is -2.03. The topological polar surface area (TPSA) is 42.0 Å². The van der Waals surface area contributed by atoms with E-state index in [1.54, 1.807) is 0 Å². The van der Waals surface area contributed by atoms with Crippen molar-refractivity contribution in [3.63, 3.8) is 0 Å². The van der Waals surface area contributed by atoms with Gasteiger partial charge >= 0.3 is 0 Å². The predicted molar refractivity (Wildman–Crippen MR) is 36.5 cm³/mol. The minimum Gasteiger partial charge on any atom is -0.324 e. The Morgan fingerprint density at radius 1 is 1.64 bits per heavy atom. The largest absolute Gasteiger partial charge is 0.324 e. The Morgan fingerprint density at radius 3 is 3.27 bits per heavy atom. The zero-order valence-electron chi connectivity index (χ0n) is 5.60. The first kappa shape index (κ1) is 6.27. The maximum Gasteiger partial charge on any atom is 0.230 e. The number of anilines is 1. The van der Waals surface area contributed by atoms with Crippen LogP contribution in [0.3, 0.4) is 0 Å². The Kier molecular flexibility index (Phi) is 1.15. The first-order valence-electron chi connectivity index (χ1n) is 3.20. The molecule has 0 saturated carbocycles. The van der Waals surface area contributed by atoms with E-state index < -0.39 is 5.82 Å². The fourth-order valence-corrected chi connectivity index (χ4v) is 1.06. The highest BCUT2D eigenvalue weighted by Crippen LogP contribution is 2.20. The van der Waals surface area contributed by atoms with E-state index in [0.717, 1.165) is 6.20 Å². The molecule has 56 valence electrons. The number of carbonyl (C=O) groups is 1. The predicted octanol–water partition coefficient (Wildman–Crippen LogP) is 0.715. The van der Waals surface area contributed by atoms with Crippen LogP contribution in [0.1, 0.15) is 5.69 Å². The monoisotopic (exact) mass is 152 g/mol. The van der Waals surface area contributed by atoms with Crippen molar-refractivity contribution in [2.45, 2.75) is 6.42 Å². The molecule has 1 amide bonds. The van der Waals surface area contributed by atoms with Crippen molar-refractivity contribution in [3.05, 3.63) is 23.8 Å². The summed E-state index contributed by atoms with van der Waals surface area (Å²) in [7, 11) is 0. The number of carbonyl (C=O) groups excluding carboxylic acids is 1. The van der Waals surface area contributed by atoms with Crippen molar-refractivity contribution >= 4 is 11.6 Å². The molecule has 0 aliphatic carbocycles. The number of nitrogens with zero attached hydrogens (tertiary/aromatic N) is 1.